The third kappa shape index (κ3) is 7.64. The highest BCUT2D eigenvalue weighted by Gasteiger charge is 2.07. The molecule has 0 fully saturated rings. The Morgan fingerprint density at radius 1 is 0.933 bits per heavy atom. The van der Waals surface area contributed by atoms with Gasteiger partial charge in [-0.2, -0.15) is 0 Å². The molecule has 6 heteroatoms. The van der Waals surface area contributed by atoms with E-state index in [0.29, 0.717) is 24.8 Å². The number of hydrogen-bond acceptors (Lipinski definition) is 5. The molecule has 0 aliphatic rings. The number of rotatable bonds is 12. The molecule has 0 saturated heterocycles. The van der Waals surface area contributed by atoms with Crippen LogP contribution in [0.15, 0.2) is 47.6 Å². The van der Waals surface area contributed by atoms with Gasteiger partial charge in [0.2, 0.25) is 0 Å². The Morgan fingerprint density at radius 3 is 2.27 bits per heavy atom. The van der Waals surface area contributed by atoms with Crippen LogP contribution in [0.25, 0.3) is 0 Å². The van der Waals surface area contributed by atoms with Crippen LogP contribution in [0.4, 0.5) is 0 Å². The standard InChI is InChI=1S/C24H30ClNO4/c1-5-6-11-29-22-14-18(2)24(19(3)15-22)30-13-8-7-12-28-21-10-9-20(17-26-27-4)23(25)16-21/h5-6,9-10,14-17H,7-8,11-13H2,1-4H3/b6-5+,26-17?. The lowest BCUT2D eigenvalue weighted by atomic mass is 10.1. The zero-order chi connectivity index (χ0) is 21.8. The Bertz CT molecular complexity index is 841. The summed E-state index contributed by atoms with van der Waals surface area (Å²) in [5, 5.41) is 4.28. The normalized spacial score (nSPS) is 11.2. The molecule has 0 heterocycles. The second kappa shape index (κ2) is 12.8. The summed E-state index contributed by atoms with van der Waals surface area (Å²) < 4.78 is 17.5. The first-order chi connectivity index (χ1) is 14.5. The van der Waals surface area contributed by atoms with E-state index in [1.54, 1.807) is 12.3 Å². The van der Waals surface area contributed by atoms with E-state index in [2.05, 4.69) is 9.99 Å². The average Bonchev–Trinajstić information content (AvgIpc) is 2.71. The molecule has 0 unspecified atom stereocenters. The predicted molar refractivity (Wildman–Crippen MR) is 123 cm³/mol. The Hall–Kier alpha value is -2.66. The summed E-state index contributed by atoms with van der Waals surface area (Å²) in [5.74, 6) is 2.52. The van der Waals surface area contributed by atoms with Crippen LogP contribution in [0.5, 0.6) is 17.2 Å². The second-order valence-electron chi connectivity index (χ2n) is 6.77. The van der Waals surface area contributed by atoms with E-state index in [1.807, 2.05) is 57.2 Å². The summed E-state index contributed by atoms with van der Waals surface area (Å²) in [4.78, 5) is 4.66. The van der Waals surface area contributed by atoms with E-state index < -0.39 is 0 Å². The summed E-state index contributed by atoms with van der Waals surface area (Å²) in [5.41, 5.74) is 2.94. The van der Waals surface area contributed by atoms with Crippen molar-refractivity contribution in [2.75, 3.05) is 26.9 Å². The summed E-state index contributed by atoms with van der Waals surface area (Å²) in [6.07, 6.45) is 7.30. The molecule has 0 radical (unpaired) electrons. The minimum Gasteiger partial charge on any atom is -0.494 e. The quantitative estimate of drug-likeness (QED) is 0.175. The Kier molecular flexibility index (Phi) is 10.1. The topological polar surface area (TPSA) is 49.3 Å². The predicted octanol–water partition coefficient (Wildman–Crippen LogP) is 6.13. The average molecular weight is 432 g/mol. The van der Waals surface area contributed by atoms with Crippen molar-refractivity contribution < 1.29 is 19.0 Å². The summed E-state index contributed by atoms with van der Waals surface area (Å²) in [7, 11) is 1.49. The molecule has 0 saturated carbocycles. The number of benzene rings is 2. The van der Waals surface area contributed by atoms with Gasteiger partial charge in [0.25, 0.3) is 0 Å². The van der Waals surface area contributed by atoms with Gasteiger partial charge in [-0.15, -0.1) is 0 Å². The molecule has 0 N–H and O–H groups in total. The Morgan fingerprint density at radius 2 is 1.63 bits per heavy atom. The molecule has 2 aromatic rings. The largest absolute Gasteiger partial charge is 0.494 e. The number of oxime groups is 1. The maximum atomic E-state index is 6.21. The van der Waals surface area contributed by atoms with Crippen molar-refractivity contribution in [2.45, 2.75) is 33.6 Å². The highest BCUT2D eigenvalue weighted by atomic mass is 35.5. The van der Waals surface area contributed by atoms with Crippen LogP contribution in [0, 0.1) is 13.8 Å². The number of hydrogen-bond donors (Lipinski definition) is 0. The summed E-state index contributed by atoms with van der Waals surface area (Å²) in [6, 6.07) is 9.52. The third-order valence-electron chi connectivity index (χ3n) is 4.34. The molecule has 162 valence electrons. The smallest absolute Gasteiger partial charge is 0.125 e. The first kappa shape index (κ1) is 23.6. The van der Waals surface area contributed by atoms with Gasteiger partial charge < -0.3 is 19.0 Å². The van der Waals surface area contributed by atoms with Gasteiger partial charge in [-0.25, -0.2) is 0 Å². The minimum absolute atomic E-state index is 0.570. The van der Waals surface area contributed by atoms with Gasteiger partial charge >= 0.3 is 0 Å². The molecule has 0 bridgehead atoms. The van der Waals surface area contributed by atoms with E-state index in [9.17, 15) is 0 Å². The molecule has 0 aromatic heterocycles. The van der Waals surface area contributed by atoms with Crippen molar-refractivity contribution in [1.29, 1.82) is 0 Å². The van der Waals surface area contributed by atoms with Crippen molar-refractivity contribution in [3.8, 4) is 17.2 Å². The molecule has 30 heavy (non-hydrogen) atoms. The molecule has 0 amide bonds. The van der Waals surface area contributed by atoms with Gasteiger partial charge in [0.1, 0.15) is 31.0 Å². The molecular weight excluding hydrogens is 402 g/mol. The van der Waals surface area contributed by atoms with Crippen LogP contribution in [-0.2, 0) is 4.84 Å². The summed E-state index contributed by atoms with van der Waals surface area (Å²) >= 11 is 6.21. The Balaban J connectivity index is 1.74. The maximum Gasteiger partial charge on any atom is 0.125 e. The fourth-order valence-electron chi connectivity index (χ4n) is 2.84. The molecule has 2 aromatic carbocycles. The van der Waals surface area contributed by atoms with Gasteiger partial charge in [-0.1, -0.05) is 28.9 Å². The van der Waals surface area contributed by atoms with E-state index in [4.69, 9.17) is 25.8 Å². The third-order valence-corrected chi connectivity index (χ3v) is 4.67. The van der Waals surface area contributed by atoms with Crippen molar-refractivity contribution in [2.24, 2.45) is 5.16 Å². The second-order valence-corrected chi connectivity index (χ2v) is 7.18. The van der Waals surface area contributed by atoms with Crippen LogP contribution in [0.2, 0.25) is 5.02 Å². The van der Waals surface area contributed by atoms with Crippen LogP contribution in [0.1, 0.15) is 36.5 Å². The number of allylic oxidation sites excluding steroid dienone is 1. The van der Waals surface area contributed by atoms with Crippen molar-refractivity contribution in [3.05, 3.63) is 64.2 Å². The van der Waals surface area contributed by atoms with Crippen molar-refractivity contribution >= 4 is 17.8 Å². The molecular formula is C24H30ClNO4. The zero-order valence-electron chi connectivity index (χ0n) is 18.1. The van der Waals surface area contributed by atoms with Crippen LogP contribution < -0.4 is 14.2 Å². The van der Waals surface area contributed by atoms with Crippen molar-refractivity contribution in [1.82, 2.24) is 0 Å². The van der Waals surface area contributed by atoms with E-state index >= 15 is 0 Å². The summed E-state index contributed by atoms with van der Waals surface area (Å²) in [6.45, 7) is 7.87. The van der Waals surface area contributed by atoms with Gasteiger partial charge in [0.15, 0.2) is 0 Å². The van der Waals surface area contributed by atoms with E-state index in [0.717, 1.165) is 46.8 Å². The lowest BCUT2D eigenvalue weighted by Gasteiger charge is -2.14. The van der Waals surface area contributed by atoms with Crippen LogP contribution in [-0.4, -0.2) is 33.1 Å². The number of halogens is 1. The van der Waals surface area contributed by atoms with E-state index in [1.165, 1.54) is 7.11 Å². The highest BCUT2D eigenvalue weighted by molar-refractivity contribution is 6.33. The number of unbranched alkanes of at least 4 members (excludes halogenated alkanes) is 1. The first-order valence-corrected chi connectivity index (χ1v) is 10.4. The van der Waals surface area contributed by atoms with Crippen LogP contribution >= 0.6 is 11.6 Å². The Labute approximate surface area is 184 Å². The van der Waals surface area contributed by atoms with Gasteiger partial charge in [-0.05, 0) is 75.1 Å². The maximum absolute atomic E-state index is 6.21. The van der Waals surface area contributed by atoms with E-state index in [-0.39, 0.29) is 0 Å². The fraction of sp³-hybridized carbons (Fsp3) is 0.375. The SMILES string of the molecule is C/C=C/COc1cc(C)c(OCCCCOc2ccc(C=NOC)c(Cl)c2)c(C)c1. The van der Waals surface area contributed by atoms with Gasteiger partial charge in [0.05, 0.1) is 24.5 Å². The van der Waals surface area contributed by atoms with Gasteiger partial charge in [0, 0.05) is 5.56 Å². The minimum atomic E-state index is 0.570. The van der Waals surface area contributed by atoms with Crippen molar-refractivity contribution in [3.63, 3.8) is 0 Å². The molecule has 2 rings (SSSR count). The lowest BCUT2D eigenvalue weighted by Crippen LogP contribution is -2.05. The first-order valence-electron chi connectivity index (χ1n) is 10.0. The monoisotopic (exact) mass is 431 g/mol. The van der Waals surface area contributed by atoms with Crippen LogP contribution in [0.3, 0.4) is 0 Å². The molecule has 0 aliphatic heterocycles. The number of nitrogens with zero attached hydrogens (tertiary/aromatic N) is 1. The fourth-order valence-corrected chi connectivity index (χ4v) is 3.06. The van der Waals surface area contributed by atoms with Gasteiger partial charge in [-0.3, -0.25) is 0 Å². The molecule has 0 spiro atoms. The number of ether oxygens (including phenoxy) is 3. The lowest BCUT2D eigenvalue weighted by molar-refractivity contribution is 0.215. The molecule has 0 atom stereocenters. The molecule has 0 aliphatic carbocycles. The number of aryl methyl sites for hydroxylation is 2. The zero-order valence-corrected chi connectivity index (χ0v) is 18.9. The highest BCUT2D eigenvalue weighted by Crippen LogP contribution is 2.28. The molecule has 5 nitrogen and oxygen atoms in total.